The van der Waals surface area contributed by atoms with Crippen molar-refractivity contribution < 1.29 is 9.59 Å². The van der Waals surface area contributed by atoms with Crippen molar-refractivity contribution in [3.05, 3.63) is 106 Å². The molecule has 178 valence electrons. The summed E-state index contributed by atoms with van der Waals surface area (Å²) in [5, 5.41) is 3.60. The Morgan fingerprint density at radius 1 is 0.882 bits per heavy atom. The molecular weight excluding hydrogens is 444 g/mol. The topological polar surface area (TPSA) is 49.4 Å². The lowest BCUT2D eigenvalue weighted by molar-refractivity contribution is -0.141. The van der Waals surface area contributed by atoms with Crippen LogP contribution in [0.4, 0.5) is 0 Å². The molecule has 3 rings (SSSR count). The van der Waals surface area contributed by atoms with Gasteiger partial charge in [-0.05, 0) is 49.9 Å². The zero-order valence-corrected chi connectivity index (χ0v) is 20.9. The molecule has 5 heteroatoms. The third kappa shape index (κ3) is 7.46. The number of nitrogens with zero attached hydrogens (tertiary/aromatic N) is 1. The van der Waals surface area contributed by atoms with E-state index in [1.165, 1.54) is 5.56 Å². The van der Waals surface area contributed by atoms with Gasteiger partial charge in [0.25, 0.3) is 0 Å². The fourth-order valence-corrected chi connectivity index (χ4v) is 4.09. The molecule has 0 spiro atoms. The van der Waals surface area contributed by atoms with Gasteiger partial charge < -0.3 is 10.2 Å². The minimum absolute atomic E-state index is 0.0319. The second-order valence-electron chi connectivity index (χ2n) is 8.97. The van der Waals surface area contributed by atoms with Gasteiger partial charge in [0.05, 0.1) is 0 Å². The first-order valence-electron chi connectivity index (χ1n) is 11.8. The molecule has 34 heavy (non-hydrogen) atoms. The van der Waals surface area contributed by atoms with E-state index in [9.17, 15) is 9.59 Å². The van der Waals surface area contributed by atoms with Crippen LogP contribution in [0, 0.1) is 6.92 Å². The molecule has 0 radical (unpaired) electrons. The van der Waals surface area contributed by atoms with Crippen LogP contribution in [0.15, 0.2) is 78.9 Å². The number of aryl methyl sites for hydroxylation is 2. The van der Waals surface area contributed by atoms with Crippen LogP contribution in [-0.4, -0.2) is 28.8 Å². The van der Waals surface area contributed by atoms with E-state index in [4.69, 9.17) is 11.6 Å². The molecule has 0 aromatic heterocycles. The summed E-state index contributed by atoms with van der Waals surface area (Å²) in [4.78, 5) is 28.7. The number of halogens is 1. The van der Waals surface area contributed by atoms with Crippen molar-refractivity contribution >= 4 is 23.4 Å². The predicted octanol–water partition coefficient (Wildman–Crippen LogP) is 5.75. The van der Waals surface area contributed by atoms with Crippen molar-refractivity contribution in [1.29, 1.82) is 0 Å². The molecule has 1 N–H and O–H groups in total. The van der Waals surface area contributed by atoms with Crippen molar-refractivity contribution in [3.8, 4) is 0 Å². The molecule has 0 bridgehead atoms. The molecule has 4 nitrogen and oxygen atoms in total. The fourth-order valence-electron chi connectivity index (χ4n) is 3.89. The minimum Gasteiger partial charge on any atom is -0.352 e. The summed E-state index contributed by atoms with van der Waals surface area (Å²) in [6, 6.07) is 24.8. The van der Waals surface area contributed by atoms with Gasteiger partial charge in [0, 0.05) is 30.5 Å². The molecule has 2 amide bonds. The van der Waals surface area contributed by atoms with Crippen molar-refractivity contribution in [3.63, 3.8) is 0 Å². The Morgan fingerprint density at radius 3 is 2.18 bits per heavy atom. The van der Waals surface area contributed by atoms with Crippen LogP contribution in [0.25, 0.3) is 0 Å². The van der Waals surface area contributed by atoms with Gasteiger partial charge in [-0.1, -0.05) is 90.0 Å². The molecule has 0 aliphatic rings. The number of nitrogens with one attached hydrogen (secondary N) is 1. The van der Waals surface area contributed by atoms with Crippen LogP contribution in [0.2, 0.25) is 5.02 Å². The Balaban J connectivity index is 1.91. The Morgan fingerprint density at radius 2 is 1.53 bits per heavy atom. The number of amides is 2. The molecule has 0 aliphatic carbocycles. The molecule has 0 aliphatic heterocycles. The maximum Gasteiger partial charge on any atom is 0.243 e. The predicted molar refractivity (Wildman–Crippen MR) is 139 cm³/mol. The smallest absolute Gasteiger partial charge is 0.243 e. The van der Waals surface area contributed by atoms with Gasteiger partial charge in [-0.3, -0.25) is 9.59 Å². The van der Waals surface area contributed by atoms with E-state index in [-0.39, 0.29) is 24.4 Å². The van der Waals surface area contributed by atoms with Crippen LogP contribution in [-0.2, 0) is 29.0 Å². The zero-order chi connectivity index (χ0) is 24.5. The Bertz CT molecular complexity index is 1080. The fraction of sp³-hybridized carbons (Fsp3) is 0.310. The molecule has 0 saturated heterocycles. The Labute approximate surface area is 207 Å². The van der Waals surface area contributed by atoms with E-state index in [0.29, 0.717) is 24.3 Å². The molecule has 3 aromatic carbocycles. The average Bonchev–Trinajstić information content (AvgIpc) is 2.82. The third-order valence-corrected chi connectivity index (χ3v) is 6.12. The summed E-state index contributed by atoms with van der Waals surface area (Å²) in [6.07, 6.45) is 1.36. The van der Waals surface area contributed by atoms with Crippen molar-refractivity contribution in [2.75, 3.05) is 0 Å². The summed E-state index contributed by atoms with van der Waals surface area (Å²) in [5.41, 5.74) is 4.11. The van der Waals surface area contributed by atoms with Gasteiger partial charge in [-0.2, -0.15) is 0 Å². The van der Waals surface area contributed by atoms with Crippen molar-refractivity contribution in [2.45, 2.75) is 58.7 Å². The molecule has 0 unspecified atom stereocenters. The number of hydrogen-bond donors (Lipinski definition) is 1. The highest BCUT2D eigenvalue weighted by molar-refractivity contribution is 6.31. The first-order valence-corrected chi connectivity index (χ1v) is 12.1. The summed E-state index contributed by atoms with van der Waals surface area (Å²) in [7, 11) is 0. The normalized spacial score (nSPS) is 11.8. The van der Waals surface area contributed by atoms with Crippen LogP contribution in [0.5, 0.6) is 0 Å². The van der Waals surface area contributed by atoms with Gasteiger partial charge >= 0.3 is 0 Å². The van der Waals surface area contributed by atoms with E-state index >= 15 is 0 Å². The zero-order valence-electron chi connectivity index (χ0n) is 20.1. The molecular formula is C29H33ClN2O2. The van der Waals surface area contributed by atoms with Crippen LogP contribution in [0.3, 0.4) is 0 Å². The third-order valence-electron chi connectivity index (χ3n) is 5.75. The Hall–Kier alpha value is -3.11. The van der Waals surface area contributed by atoms with E-state index in [1.807, 2.05) is 87.5 Å². The second kappa shape index (κ2) is 12.4. The summed E-state index contributed by atoms with van der Waals surface area (Å²) >= 11 is 6.45. The second-order valence-corrected chi connectivity index (χ2v) is 9.37. The van der Waals surface area contributed by atoms with Crippen LogP contribution < -0.4 is 5.32 Å². The standard InChI is InChI=1S/C29H33ClN2O2/c1-21(2)31-29(34)27(19-24-9-5-4-6-10-24)32(20-25-11-7-8-12-26(25)30)28(33)18-17-23-15-13-22(3)14-16-23/h4-16,21,27H,17-20H2,1-3H3,(H,31,34)/t27-/m0/s1. The average molecular weight is 477 g/mol. The SMILES string of the molecule is Cc1ccc(CCC(=O)N(Cc2ccccc2Cl)[C@@H](Cc2ccccc2)C(=O)NC(C)C)cc1. The maximum absolute atomic E-state index is 13.6. The number of benzene rings is 3. The first-order chi connectivity index (χ1) is 16.3. The summed E-state index contributed by atoms with van der Waals surface area (Å²) in [6.45, 7) is 6.17. The van der Waals surface area contributed by atoms with Gasteiger partial charge in [0.15, 0.2) is 0 Å². The van der Waals surface area contributed by atoms with Crippen molar-refractivity contribution in [2.24, 2.45) is 0 Å². The van der Waals surface area contributed by atoms with Crippen molar-refractivity contribution in [1.82, 2.24) is 10.2 Å². The highest BCUT2D eigenvalue weighted by atomic mass is 35.5. The summed E-state index contributed by atoms with van der Waals surface area (Å²) in [5.74, 6) is -0.227. The number of rotatable bonds is 10. The first kappa shape index (κ1) is 25.5. The van der Waals surface area contributed by atoms with Gasteiger partial charge in [-0.15, -0.1) is 0 Å². The van der Waals surface area contributed by atoms with Gasteiger partial charge in [0.1, 0.15) is 6.04 Å². The summed E-state index contributed by atoms with van der Waals surface area (Å²) < 4.78 is 0. The lowest BCUT2D eigenvalue weighted by Crippen LogP contribution is -2.51. The van der Waals surface area contributed by atoms with Crippen LogP contribution in [0.1, 0.15) is 42.5 Å². The monoisotopic (exact) mass is 476 g/mol. The van der Waals surface area contributed by atoms with E-state index in [1.54, 1.807) is 4.90 Å². The molecule has 0 heterocycles. The Kier molecular flexibility index (Phi) is 9.29. The highest BCUT2D eigenvalue weighted by Crippen LogP contribution is 2.21. The highest BCUT2D eigenvalue weighted by Gasteiger charge is 2.30. The molecule has 0 saturated carbocycles. The maximum atomic E-state index is 13.6. The molecule has 3 aromatic rings. The number of carbonyl (C=O) groups is 2. The molecule has 0 fully saturated rings. The number of hydrogen-bond acceptors (Lipinski definition) is 2. The van der Waals surface area contributed by atoms with E-state index in [2.05, 4.69) is 17.4 Å². The minimum atomic E-state index is -0.647. The lowest BCUT2D eigenvalue weighted by Gasteiger charge is -2.32. The van der Waals surface area contributed by atoms with Gasteiger partial charge in [-0.25, -0.2) is 0 Å². The largest absolute Gasteiger partial charge is 0.352 e. The van der Waals surface area contributed by atoms with Crippen LogP contribution >= 0.6 is 11.6 Å². The lowest BCUT2D eigenvalue weighted by atomic mass is 10.0. The number of carbonyl (C=O) groups excluding carboxylic acids is 2. The molecule has 1 atom stereocenters. The van der Waals surface area contributed by atoms with E-state index < -0.39 is 6.04 Å². The van der Waals surface area contributed by atoms with E-state index in [0.717, 1.165) is 16.7 Å². The quantitative estimate of drug-likeness (QED) is 0.405. The van der Waals surface area contributed by atoms with Gasteiger partial charge in [0.2, 0.25) is 11.8 Å².